The van der Waals surface area contributed by atoms with Crippen molar-refractivity contribution in [2.75, 3.05) is 11.9 Å². The second kappa shape index (κ2) is 9.67. The zero-order valence-electron chi connectivity index (χ0n) is 15.0. The topological polar surface area (TPSA) is 93.2 Å². The number of aromatic nitrogens is 2. The molecule has 10 heteroatoms. The number of carbonyl (C=O) groups is 2. The highest BCUT2D eigenvalue weighted by molar-refractivity contribution is 5.96. The molecule has 28 heavy (non-hydrogen) atoms. The van der Waals surface area contributed by atoms with Crippen LogP contribution in [0.15, 0.2) is 36.7 Å². The lowest BCUT2D eigenvalue weighted by atomic mass is 10.2. The minimum absolute atomic E-state index is 0.0739. The van der Waals surface area contributed by atoms with Crippen LogP contribution in [0.25, 0.3) is 0 Å². The van der Waals surface area contributed by atoms with Gasteiger partial charge in [-0.1, -0.05) is 13.0 Å². The predicted octanol–water partition coefficient (Wildman–Crippen LogP) is 3.09. The number of anilines is 1. The van der Waals surface area contributed by atoms with Crippen LogP contribution in [0.5, 0.6) is 5.88 Å². The van der Waals surface area contributed by atoms with E-state index in [2.05, 4.69) is 20.6 Å². The summed E-state index contributed by atoms with van der Waals surface area (Å²) in [5.74, 6) is -0.236. The van der Waals surface area contributed by atoms with Crippen molar-refractivity contribution in [3.8, 4) is 5.88 Å². The molecule has 0 saturated heterocycles. The fraction of sp³-hybridized carbons (Fsp3) is 0.333. The van der Waals surface area contributed by atoms with Crippen molar-refractivity contribution in [3.63, 3.8) is 0 Å². The van der Waals surface area contributed by atoms with E-state index in [1.807, 2.05) is 0 Å². The first-order valence-electron chi connectivity index (χ1n) is 8.45. The van der Waals surface area contributed by atoms with Crippen LogP contribution in [-0.2, 0) is 11.3 Å². The molecule has 2 aromatic rings. The van der Waals surface area contributed by atoms with Crippen LogP contribution >= 0.6 is 0 Å². The Morgan fingerprint density at radius 3 is 2.61 bits per heavy atom. The Morgan fingerprint density at radius 1 is 1.18 bits per heavy atom. The van der Waals surface area contributed by atoms with Gasteiger partial charge in [0.2, 0.25) is 11.8 Å². The first kappa shape index (κ1) is 21.1. The molecular weight excluding hydrogens is 377 g/mol. The number of halogens is 3. The Bertz CT molecular complexity index is 810. The Balaban J connectivity index is 1.85. The molecule has 0 aliphatic rings. The zero-order valence-corrected chi connectivity index (χ0v) is 15.0. The molecule has 0 aliphatic carbocycles. The molecule has 0 atom stereocenters. The number of nitrogens with zero attached hydrogens (tertiary/aromatic N) is 2. The molecule has 0 aromatic carbocycles. The van der Waals surface area contributed by atoms with Crippen molar-refractivity contribution in [2.24, 2.45) is 0 Å². The number of nitrogens with one attached hydrogen (secondary N) is 2. The van der Waals surface area contributed by atoms with Gasteiger partial charge >= 0.3 is 6.18 Å². The van der Waals surface area contributed by atoms with Crippen molar-refractivity contribution in [2.45, 2.75) is 32.5 Å². The highest BCUT2D eigenvalue weighted by Gasteiger charge is 2.26. The van der Waals surface area contributed by atoms with Crippen molar-refractivity contribution in [1.82, 2.24) is 15.3 Å². The molecule has 2 rings (SSSR count). The zero-order chi connectivity index (χ0) is 20.6. The lowest BCUT2D eigenvalue weighted by Crippen LogP contribution is -2.23. The fourth-order valence-corrected chi connectivity index (χ4v) is 2.03. The minimum Gasteiger partial charge on any atom is -0.477 e. The molecule has 7 nitrogen and oxygen atoms in total. The molecule has 2 heterocycles. The largest absolute Gasteiger partial charge is 0.477 e. The van der Waals surface area contributed by atoms with Crippen LogP contribution in [0.2, 0.25) is 0 Å². The van der Waals surface area contributed by atoms with Gasteiger partial charge in [0.1, 0.15) is 5.82 Å². The summed E-state index contributed by atoms with van der Waals surface area (Å²) >= 11 is 0. The number of alkyl halides is 3. The van der Waals surface area contributed by atoms with Gasteiger partial charge in [0, 0.05) is 37.0 Å². The molecule has 2 amide bonds. The standard InChI is InChI=1S/C18H19F3N4O3/c1-2-15(26)25-14-9-13(5-7-22-14)17(27)24-11-12-3-4-16(23-10-12)28-8-6-18(19,20)21/h3-5,7,9-10H,2,6,8,11H2,1H3,(H,24,27)(H,22,25,26). The van der Waals surface area contributed by atoms with E-state index < -0.39 is 19.2 Å². The van der Waals surface area contributed by atoms with Gasteiger partial charge in [-0.15, -0.1) is 0 Å². The van der Waals surface area contributed by atoms with Crippen molar-refractivity contribution < 1.29 is 27.5 Å². The summed E-state index contributed by atoms with van der Waals surface area (Å²) in [7, 11) is 0. The highest BCUT2D eigenvalue weighted by atomic mass is 19.4. The number of carbonyl (C=O) groups excluding carboxylic acids is 2. The summed E-state index contributed by atoms with van der Waals surface area (Å²) < 4.78 is 41.2. The van der Waals surface area contributed by atoms with Gasteiger partial charge in [-0.2, -0.15) is 13.2 Å². The van der Waals surface area contributed by atoms with Gasteiger partial charge in [0.15, 0.2) is 0 Å². The molecule has 0 unspecified atom stereocenters. The van der Waals surface area contributed by atoms with Crippen LogP contribution in [0.4, 0.5) is 19.0 Å². The van der Waals surface area contributed by atoms with E-state index in [0.717, 1.165) is 0 Å². The Hall–Kier alpha value is -3.17. The lowest BCUT2D eigenvalue weighted by Gasteiger charge is -2.09. The molecule has 0 saturated carbocycles. The minimum atomic E-state index is -4.28. The van der Waals surface area contributed by atoms with Gasteiger partial charge in [0.05, 0.1) is 13.0 Å². The van der Waals surface area contributed by atoms with E-state index in [9.17, 15) is 22.8 Å². The Morgan fingerprint density at radius 2 is 1.96 bits per heavy atom. The molecule has 0 spiro atoms. The predicted molar refractivity (Wildman–Crippen MR) is 94.7 cm³/mol. The Kier molecular flexibility index (Phi) is 7.30. The van der Waals surface area contributed by atoms with Gasteiger partial charge in [-0.25, -0.2) is 9.97 Å². The summed E-state index contributed by atoms with van der Waals surface area (Å²) in [5.41, 5.74) is 0.964. The van der Waals surface area contributed by atoms with E-state index in [-0.39, 0.29) is 30.1 Å². The smallest absolute Gasteiger partial charge is 0.392 e. The normalized spacial score (nSPS) is 11.0. The maximum absolute atomic E-state index is 12.2. The summed E-state index contributed by atoms with van der Waals surface area (Å²) in [6, 6.07) is 5.99. The molecule has 2 N–H and O–H groups in total. The van der Waals surface area contributed by atoms with E-state index in [1.54, 1.807) is 13.0 Å². The van der Waals surface area contributed by atoms with Crippen LogP contribution < -0.4 is 15.4 Å². The maximum atomic E-state index is 12.2. The first-order valence-corrected chi connectivity index (χ1v) is 8.45. The molecule has 0 aliphatic heterocycles. The second-order valence-electron chi connectivity index (χ2n) is 5.73. The van der Waals surface area contributed by atoms with Crippen LogP contribution in [0, 0.1) is 0 Å². The highest BCUT2D eigenvalue weighted by Crippen LogP contribution is 2.19. The van der Waals surface area contributed by atoms with E-state index in [4.69, 9.17) is 4.74 Å². The SMILES string of the molecule is CCC(=O)Nc1cc(C(=O)NCc2ccc(OCCC(F)(F)F)nc2)ccn1. The summed E-state index contributed by atoms with van der Waals surface area (Å²) in [6.07, 6.45) is -2.23. The van der Waals surface area contributed by atoms with Gasteiger partial charge in [-0.05, 0) is 17.7 Å². The summed E-state index contributed by atoms with van der Waals surface area (Å²) in [5, 5.41) is 5.25. The van der Waals surface area contributed by atoms with Crippen molar-refractivity contribution >= 4 is 17.6 Å². The number of amides is 2. The third-order valence-corrected chi connectivity index (χ3v) is 3.50. The molecule has 0 bridgehead atoms. The number of ether oxygens (including phenoxy) is 1. The summed E-state index contributed by atoms with van der Waals surface area (Å²) in [6.45, 7) is 1.35. The number of hydrogen-bond acceptors (Lipinski definition) is 5. The van der Waals surface area contributed by atoms with Gasteiger partial charge < -0.3 is 15.4 Å². The molecular formula is C18H19F3N4O3. The molecule has 0 radical (unpaired) electrons. The average molecular weight is 396 g/mol. The number of pyridine rings is 2. The van der Waals surface area contributed by atoms with Crippen LogP contribution in [-0.4, -0.2) is 34.6 Å². The number of rotatable bonds is 8. The van der Waals surface area contributed by atoms with Crippen molar-refractivity contribution in [3.05, 3.63) is 47.8 Å². The first-order chi connectivity index (χ1) is 13.3. The Labute approximate surface area is 159 Å². The van der Waals surface area contributed by atoms with E-state index in [0.29, 0.717) is 17.5 Å². The third kappa shape index (κ3) is 7.22. The summed E-state index contributed by atoms with van der Waals surface area (Å²) in [4.78, 5) is 31.5. The van der Waals surface area contributed by atoms with Crippen LogP contribution in [0.1, 0.15) is 35.7 Å². The maximum Gasteiger partial charge on any atom is 0.392 e. The third-order valence-electron chi connectivity index (χ3n) is 3.50. The average Bonchev–Trinajstić information content (AvgIpc) is 2.66. The van der Waals surface area contributed by atoms with Crippen LogP contribution in [0.3, 0.4) is 0 Å². The second-order valence-corrected chi connectivity index (χ2v) is 5.73. The molecule has 2 aromatic heterocycles. The molecule has 150 valence electrons. The van der Waals surface area contributed by atoms with E-state index in [1.165, 1.54) is 30.6 Å². The van der Waals surface area contributed by atoms with E-state index >= 15 is 0 Å². The van der Waals surface area contributed by atoms with Crippen molar-refractivity contribution in [1.29, 1.82) is 0 Å². The monoisotopic (exact) mass is 396 g/mol. The quantitative estimate of drug-likeness (QED) is 0.715. The number of hydrogen-bond donors (Lipinski definition) is 2. The van der Waals surface area contributed by atoms with Gasteiger partial charge in [0.25, 0.3) is 5.91 Å². The molecule has 0 fully saturated rings. The lowest BCUT2D eigenvalue weighted by molar-refractivity contribution is -0.139. The van der Waals surface area contributed by atoms with Gasteiger partial charge in [-0.3, -0.25) is 9.59 Å². The fourth-order valence-electron chi connectivity index (χ4n) is 2.03.